The Morgan fingerprint density at radius 2 is 1.63 bits per heavy atom. The summed E-state index contributed by atoms with van der Waals surface area (Å²) in [5.74, 6) is 0.634. The van der Waals surface area contributed by atoms with Crippen LogP contribution in [0.1, 0.15) is 29.8 Å². The molecule has 2 aromatic carbocycles. The Morgan fingerprint density at radius 3 is 2.15 bits per heavy atom. The molecule has 0 aliphatic carbocycles. The number of hydrogen-bond donors (Lipinski definition) is 2. The van der Waals surface area contributed by atoms with E-state index in [1.807, 2.05) is 0 Å². The first-order valence-electron chi connectivity index (χ1n) is 8.59. The van der Waals surface area contributed by atoms with Crippen LogP contribution in [-0.4, -0.2) is 25.5 Å². The molecular weight excluding hydrogens is 344 g/mol. The van der Waals surface area contributed by atoms with E-state index in [1.54, 1.807) is 55.6 Å². The van der Waals surface area contributed by atoms with Crippen molar-refractivity contribution in [3.05, 3.63) is 65.4 Å². The highest BCUT2D eigenvalue weighted by molar-refractivity contribution is 6.04. The molecule has 0 aliphatic heterocycles. The van der Waals surface area contributed by atoms with Crippen LogP contribution < -0.4 is 20.5 Å². The minimum atomic E-state index is -0.726. The van der Waals surface area contributed by atoms with E-state index >= 15 is 0 Å². The van der Waals surface area contributed by atoms with E-state index in [1.165, 1.54) is 6.08 Å². The number of nitrogens with one attached hydrogen (secondary N) is 1. The van der Waals surface area contributed by atoms with Crippen molar-refractivity contribution in [1.29, 1.82) is 0 Å². The number of carbonyl (C=O) groups excluding carboxylic acids is 2. The molecule has 0 saturated carbocycles. The Morgan fingerprint density at radius 1 is 1.04 bits per heavy atom. The number of rotatable bonds is 8. The van der Waals surface area contributed by atoms with Gasteiger partial charge in [-0.3, -0.25) is 9.59 Å². The third kappa shape index (κ3) is 6.18. The molecule has 0 atom stereocenters. The SMILES string of the molecule is COc1ccc(C=C(NC(=O)c2ccc(OCC(C)C)cc2)C(N)=O)cc1. The van der Waals surface area contributed by atoms with E-state index in [2.05, 4.69) is 19.2 Å². The molecule has 142 valence electrons. The van der Waals surface area contributed by atoms with Crippen LogP contribution in [0, 0.1) is 5.92 Å². The fourth-order valence-corrected chi connectivity index (χ4v) is 2.20. The molecule has 3 N–H and O–H groups in total. The summed E-state index contributed by atoms with van der Waals surface area (Å²) in [4.78, 5) is 24.1. The minimum absolute atomic E-state index is 0.00491. The summed E-state index contributed by atoms with van der Waals surface area (Å²) in [5, 5.41) is 2.56. The van der Waals surface area contributed by atoms with Gasteiger partial charge in [0.1, 0.15) is 17.2 Å². The lowest BCUT2D eigenvalue weighted by atomic mass is 10.1. The van der Waals surface area contributed by atoms with Gasteiger partial charge in [0, 0.05) is 5.56 Å². The lowest BCUT2D eigenvalue weighted by Gasteiger charge is -2.10. The van der Waals surface area contributed by atoms with Gasteiger partial charge in [-0.05, 0) is 54.0 Å². The third-order valence-corrected chi connectivity index (χ3v) is 3.64. The fourth-order valence-electron chi connectivity index (χ4n) is 2.20. The average Bonchev–Trinajstić information content (AvgIpc) is 2.66. The summed E-state index contributed by atoms with van der Waals surface area (Å²) in [6, 6.07) is 13.7. The zero-order valence-electron chi connectivity index (χ0n) is 15.7. The zero-order valence-corrected chi connectivity index (χ0v) is 15.7. The zero-order chi connectivity index (χ0) is 19.8. The van der Waals surface area contributed by atoms with E-state index in [4.69, 9.17) is 15.2 Å². The van der Waals surface area contributed by atoms with Crippen molar-refractivity contribution in [1.82, 2.24) is 5.32 Å². The number of amides is 2. The van der Waals surface area contributed by atoms with Crippen molar-refractivity contribution in [3.8, 4) is 11.5 Å². The number of hydrogen-bond acceptors (Lipinski definition) is 4. The first kappa shape index (κ1) is 20.0. The van der Waals surface area contributed by atoms with Gasteiger partial charge in [-0.15, -0.1) is 0 Å². The molecule has 0 aliphatic rings. The van der Waals surface area contributed by atoms with E-state index in [-0.39, 0.29) is 5.70 Å². The van der Waals surface area contributed by atoms with Crippen LogP contribution in [0.3, 0.4) is 0 Å². The molecule has 2 aromatic rings. The van der Waals surface area contributed by atoms with Gasteiger partial charge in [-0.1, -0.05) is 26.0 Å². The highest BCUT2D eigenvalue weighted by Crippen LogP contribution is 2.15. The molecule has 0 radical (unpaired) electrons. The Bertz CT molecular complexity index is 809. The largest absolute Gasteiger partial charge is 0.497 e. The van der Waals surface area contributed by atoms with E-state index in [0.717, 1.165) is 0 Å². The maximum atomic E-state index is 12.4. The number of nitrogens with two attached hydrogens (primary N) is 1. The number of methoxy groups -OCH3 is 1. The molecular formula is C21H24N2O4. The number of carbonyl (C=O) groups is 2. The Kier molecular flexibility index (Phi) is 7.00. The highest BCUT2D eigenvalue weighted by Gasteiger charge is 2.12. The predicted molar refractivity (Wildman–Crippen MR) is 104 cm³/mol. The van der Waals surface area contributed by atoms with Crippen molar-refractivity contribution < 1.29 is 19.1 Å². The lowest BCUT2D eigenvalue weighted by Crippen LogP contribution is -2.31. The van der Waals surface area contributed by atoms with Gasteiger partial charge >= 0.3 is 0 Å². The van der Waals surface area contributed by atoms with Gasteiger partial charge in [0.2, 0.25) is 0 Å². The van der Waals surface area contributed by atoms with Crippen LogP contribution in [0.25, 0.3) is 6.08 Å². The monoisotopic (exact) mass is 368 g/mol. The highest BCUT2D eigenvalue weighted by atomic mass is 16.5. The van der Waals surface area contributed by atoms with Crippen LogP contribution in [0.5, 0.6) is 11.5 Å². The van der Waals surface area contributed by atoms with Gasteiger partial charge in [-0.25, -0.2) is 0 Å². The van der Waals surface area contributed by atoms with Crippen LogP contribution in [0.2, 0.25) is 0 Å². The predicted octanol–water partition coefficient (Wildman–Crippen LogP) is 2.99. The molecule has 0 aromatic heterocycles. The molecule has 0 bridgehead atoms. The number of ether oxygens (including phenoxy) is 2. The van der Waals surface area contributed by atoms with Gasteiger partial charge in [-0.2, -0.15) is 0 Å². The average molecular weight is 368 g/mol. The van der Waals surface area contributed by atoms with E-state index in [0.29, 0.717) is 35.2 Å². The molecule has 2 amide bonds. The summed E-state index contributed by atoms with van der Waals surface area (Å²) < 4.78 is 10.7. The number of benzene rings is 2. The van der Waals surface area contributed by atoms with Crippen LogP contribution in [0.15, 0.2) is 54.2 Å². The molecule has 27 heavy (non-hydrogen) atoms. The second-order valence-electron chi connectivity index (χ2n) is 6.38. The van der Waals surface area contributed by atoms with E-state index < -0.39 is 11.8 Å². The normalized spacial score (nSPS) is 11.2. The van der Waals surface area contributed by atoms with Gasteiger partial charge in [0.15, 0.2) is 0 Å². The first-order chi connectivity index (χ1) is 12.9. The molecule has 0 fully saturated rings. The lowest BCUT2D eigenvalue weighted by molar-refractivity contribution is -0.114. The van der Waals surface area contributed by atoms with Crippen molar-refractivity contribution >= 4 is 17.9 Å². The van der Waals surface area contributed by atoms with Gasteiger partial charge in [0.05, 0.1) is 13.7 Å². The Labute approximate surface area is 159 Å². The van der Waals surface area contributed by atoms with Crippen LogP contribution in [-0.2, 0) is 4.79 Å². The molecule has 6 nitrogen and oxygen atoms in total. The quantitative estimate of drug-likeness (QED) is 0.701. The van der Waals surface area contributed by atoms with Crippen molar-refractivity contribution in [3.63, 3.8) is 0 Å². The van der Waals surface area contributed by atoms with Crippen molar-refractivity contribution in [2.24, 2.45) is 11.7 Å². The third-order valence-electron chi connectivity index (χ3n) is 3.64. The van der Waals surface area contributed by atoms with Gasteiger partial charge < -0.3 is 20.5 Å². The minimum Gasteiger partial charge on any atom is -0.497 e. The first-order valence-corrected chi connectivity index (χ1v) is 8.59. The maximum Gasteiger partial charge on any atom is 0.265 e. The second-order valence-corrected chi connectivity index (χ2v) is 6.38. The van der Waals surface area contributed by atoms with Crippen molar-refractivity contribution in [2.45, 2.75) is 13.8 Å². The van der Waals surface area contributed by atoms with Crippen LogP contribution >= 0.6 is 0 Å². The molecule has 0 unspecified atom stereocenters. The smallest absolute Gasteiger partial charge is 0.265 e. The molecule has 6 heteroatoms. The molecule has 0 spiro atoms. The number of primary amides is 1. The van der Waals surface area contributed by atoms with E-state index in [9.17, 15) is 9.59 Å². The molecule has 0 heterocycles. The van der Waals surface area contributed by atoms with Gasteiger partial charge in [0.25, 0.3) is 11.8 Å². The fraction of sp³-hybridized carbons (Fsp3) is 0.238. The Hall–Kier alpha value is -3.28. The summed E-state index contributed by atoms with van der Waals surface area (Å²) in [7, 11) is 1.57. The maximum absolute atomic E-state index is 12.4. The summed E-state index contributed by atoms with van der Waals surface area (Å²) in [5.41, 5.74) is 6.50. The summed E-state index contributed by atoms with van der Waals surface area (Å²) in [6.07, 6.45) is 1.51. The molecule has 2 rings (SSSR count). The Balaban J connectivity index is 2.09. The topological polar surface area (TPSA) is 90.7 Å². The van der Waals surface area contributed by atoms with Crippen molar-refractivity contribution in [2.75, 3.05) is 13.7 Å². The van der Waals surface area contributed by atoms with Crippen LogP contribution in [0.4, 0.5) is 0 Å². The second kappa shape index (κ2) is 9.43. The summed E-state index contributed by atoms with van der Waals surface area (Å²) in [6.45, 7) is 4.71. The standard InChI is InChI=1S/C21H24N2O4/c1-14(2)13-27-18-10-6-16(7-11-18)21(25)23-19(20(22)24)12-15-4-8-17(26-3)9-5-15/h4-12,14H,13H2,1-3H3,(H2,22,24)(H,23,25). The summed E-state index contributed by atoms with van der Waals surface area (Å²) >= 11 is 0. The molecule has 0 saturated heterocycles.